The van der Waals surface area contributed by atoms with Gasteiger partial charge in [-0.1, -0.05) is 26.8 Å². The van der Waals surface area contributed by atoms with Crippen molar-refractivity contribution in [2.45, 2.75) is 52.2 Å². The number of ketones is 2. The van der Waals surface area contributed by atoms with Crippen LogP contribution in [0.25, 0.3) is 5.76 Å². The molecule has 198 valence electrons. The van der Waals surface area contributed by atoms with Crippen LogP contribution < -0.4 is 11.1 Å². The number of amides is 2. The second kappa shape index (κ2) is 8.91. The SMILES string of the molecule is CC(C)(C)COC(=O)NCc1ccc(O)c2c1C[C@H]1C[C@H]3CC(=O)C(C(N)=O)=C(O)[C@@]3(O)C(=O)C1=C2O. The van der Waals surface area contributed by atoms with Crippen LogP contribution in [0.15, 0.2) is 29.0 Å². The molecule has 2 amide bonds. The number of fused-ring (bicyclic) bond motifs is 3. The first-order chi connectivity index (χ1) is 17.2. The number of carbonyl (C=O) groups is 4. The minimum absolute atomic E-state index is 0.0201. The maximum atomic E-state index is 13.5. The maximum absolute atomic E-state index is 13.5. The Morgan fingerprint density at radius 1 is 1.16 bits per heavy atom. The van der Waals surface area contributed by atoms with Crippen LogP contribution in [0.2, 0.25) is 0 Å². The van der Waals surface area contributed by atoms with Crippen LogP contribution in [0.5, 0.6) is 5.75 Å². The molecule has 7 N–H and O–H groups in total. The van der Waals surface area contributed by atoms with Crippen molar-refractivity contribution in [1.82, 2.24) is 5.32 Å². The molecule has 0 bridgehead atoms. The van der Waals surface area contributed by atoms with Crippen molar-refractivity contribution < 1.29 is 44.3 Å². The molecule has 0 unspecified atom stereocenters. The summed E-state index contributed by atoms with van der Waals surface area (Å²) in [5.74, 6) is -6.84. The zero-order valence-corrected chi connectivity index (χ0v) is 20.8. The normalized spacial score (nSPS) is 25.3. The Morgan fingerprint density at radius 3 is 2.46 bits per heavy atom. The Balaban J connectivity index is 1.71. The van der Waals surface area contributed by atoms with E-state index in [2.05, 4.69) is 5.32 Å². The first-order valence-corrected chi connectivity index (χ1v) is 11.9. The van der Waals surface area contributed by atoms with Crippen LogP contribution in [0.4, 0.5) is 4.79 Å². The van der Waals surface area contributed by atoms with Gasteiger partial charge in [-0.05, 0) is 41.4 Å². The molecule has 11 nitrogen and oxygen atoms in total. The molecule has 1 fully saturated rings. The number of Topliss-reactive ketones (excluding diaryl/α,β-unsaturated/α-hetero) is 2. The van der Waals surface area contributed by atoms with Gasteiger partial charge in [-0.15, -0.1) is 0 Å². The molecule has 3 atom stereocenters. The van der Waals surface area contributed by atoms with E-state index in [9.17, 15) is 39.6 Å². The highest BCUT2D eigenvalue weighted by molar-refractivity contribution is 6.22. The molecule has 11 heteroatoms. The summed E-state index contributed by atoms with van der Waals surface area (Å²) in [5, 5.41) is 46.2. The summed E-state index contributed by atoms with van der Waals surface area (Å²) < 4.78 is 5.21. The maximum Gasteiger partial charge on any atom is 0.407 e. The van der Waals surface area contributed by atoms with Crippen molar-refractivity contribution in [3.8, 4) is 5.75 Å². The van der Waals surface area contributed by atoms with E-state index >= 15 is 0 Å². The number of nitrogens with two attached hydrogens (primary N) is 1. The number of aliphatic hydroxyl groups excluding tert-OH is 2. The van der Waals surface area contributed by atoms with E-state index in [0.29, 0.717) is 11.1 Å². The van der Waals surface area contributed by atoms with E-state index in [1.54, 1.807) is 6.07 Å². The zero-order valence-electron chi connectivity index (χ0n) is 20.8. The van der Waals surface area contributed by atoms with Crippen molar-refractivity contribution in [3.63, 3.8) is 0 Å². The first-order valence-electron chi connectivity index (χ1n) is 11.9. The third-order valence-corrected chi connectivity index (χ3v) is 7.10. The lowest BCUT2D eigenvalue weighted by Gasteiger charge is -2.46. The number of primary amides is 1. The Bertz CT molecular complexity index is 1290. The van der Waals surface area contributed by atoms with Crippen LogP contribution in [-0.2, 0) is 32.1 Å². The number of hydrogen-bond acceptors (Lipinski definition) is 9. The second-order valence-electron chi connectivity index (χ2n) is 11.0. The van der Waals surface area contributed by atoms with Crippen LogP contribution in [-0.4, -0.2) is 56.2 Å². The van der Waals surface area contributed by atoms with E-state index in [4.69, 9.17) is 10.5 Å². The zero-order chi connectivity index (χ0) is 27.4. The number of alkyl carbamates (subject to hydrolysis) is 1. The number of aliphatic hydroxyl groups is 3. The van der Waals surface area contributed by atoms with Gasteiger partial charge in [-0.2, -0.15) is 0 Å². The molecule has 3 aliphatic carbocycles. The van der Waals surface area contributed by atoms with Crippen molar-refractivity contribution in [2.24, 2.45) is 23.0 Å². The Hall–Kier alpha value is -3.86. The van der Waals surface area contributed by atoms with Crippen molar-refractivity contribution in [1.29, 1.82) is 0 Å². The highest BCUT2D eigenvalue weighted by Crippen LogP contribution is 2.52. The molecule has 37 heavy (non-hydrogen) atoms. The first kappa shape index (κ1) is 26.2. The number of hydrogen-bond donors (Lipinski definition) is 6. The number of phenolic OH excluding ortho intramolecular Hbond substituents is 1. The summed E-state index contributed by atoms with van der Waals surface area (Å²) in [6.07, 6.45) is -0.856. The van der Waals surface area contributed by atoms with Gasteiger partial charge in [0.2, 0.25) is 5.78 Å². The lowest BCUT2D eigenvalue weighted by molar-refractivity contribution is -0.147. The molecule has 1 aromatic carbocycles. The fraction of sp³-hybridized carbons (Fsp3) is 0.462. The van der Waals surface area contributed by atoms with E-state index in [0.717, 1.165) is 0 Å². The molecule has 4 rings (SSSR count). The average molecular weight is 515 g/mol. The van der Waals surface area contributed by atoms with E-state index < -0.39 is 64.5 Å². The second-order valence-corrected chi connectivity index (χ2v) is 11.0. The predicted octanol–water partition coefficient (Wildman–Crippen LogP) is 1.70. The van der Waals surface area contributed by atoms with Gasteiger partial charge in [0.05, 0.1) is 12.2 Å². The van der Waals surface area contributed by atoms with E-state index in [1.165, 1.54) is 6.07 Å². The van der Waals surface area contributed by atoms with E-state index in [1.807, 2.05) is 20.8 Å². The summed E-state index contributed by atoms with van der Waals surface area (Å²) in [5.41, 5.74) is 2.32. The van der Waals surface area contributed by atoms with Gasteiger partial charge in [0.1, 0.15) is 22.8 Å². The number of rotatable bonds is 4. The number of aromatic hydroxyl groups is 1. The summed E-state index contributed by atoms with van der Waals surface area (Å²) in [7, 11) is 0. The van der Waals surface area contributed by atoms with Crippen LogP contribution in [0, 0.1) is 17.3 Å². The van der Waals surface area contributed by atoms with Crippen molar-refractivity contribution in [2.75, 3.05) is 6.61 Å². The summed E-state index contributed by atoms with van der Waals surface area (Å²) >= 11 is 0. The van der Waals surface area contributed by atoms with E-state index in [-0.39, 0.29) is 48.3 Å². The number of ether oxygens (including phenoxy) is 1. The number of nitrogens with one attached hydrogen (secondary N) is 1. The topological polar surface area (TPSA) is 196 Å². The largest absolute Gasteiger partial charge is 0.508 e. The van der Waals surface area contributed by atoms with Gasteiger partial charge in [-0.3, -0.25) is 14.4 Å². The van der Waals surface area contributed by atoms with Crippen LogP contribution in [0.3, 0.4) is 0 Å². The molecule has 0 radical (unpaired) electrons. The predicted molar refractivity (Wildman–Crippen MR) is 129 cm³/mol. The number of carbonyl (C=O) groups excluding carboxylic acids is 4. The monoisotopic (exact) mass is 514 g/mol. The van der Waals surface area contributed by atoms with Gasteiger partial charge >= 0.3 is 6.09 Å². The van der Waals surface area contributed by atoms with Crippen LogP contribution >= 0.6 is 0 Å². The van der Waals surface area contributed by atoms with Gasteiger partial charge in [0.15, 0.2) is 11.4 Å². The minimum Gasteiger partial charge on any atom is -0.508 e. The molecule has 3 aliphatic rings. The number of benzene rings is 1. The van der Waals surface area contributed by atoms with Gasteiger partial charge in [0.25, 0.3) is 5.91 Å². The quantitative estimate of drug-likeness (QED) is 0.324. The fourth-order valence-electron chi connectivity index (χ4n) is 5.35. The summed E-state index contributed by atoms with van der Waals surface area (Å²) in [6, 6.07) is 2.88. The standard InChI is InChI=1S/C26H30N2O9/c1-25(2,3)10-37-24(35)28-9-11-4-5-15(29)18-14(11)7-12-6-13-8-16(30)19(23(27)34)22(33)26(13,36)21(32)17(12)20(18)31/h4-5,12-13,29,31,33,36H,6-10H2,1-3H3,(H2,27,34)(H,28,35)/t12-,13+,26+/m1/s1. The molecule has 0 aromatic heterocycles. The van der Waals surface area contributed by atoms with Gasteiger partial charge in [0, 0.05) is 24.5 Å². The minimum atomic E-state index is -2.61. The Labute approximate surface area is 212 Å². The molecule has 0 saturated heterocycles. The van der Waals surface area contributed by atoms with Crippen molar-refractivity contribution in [3.05, 3.63) is 45.7 Å². The molecule has 0 heterocycles. The summed E-state index contributed by atoms with van der Waals surface area (Å²) in [4.78, 5) is 49.8. The molecule has 0 aliphatic heterocycles. The van der Waals surface area contributed by atoms with Gasteiger partial charge in [-0.25, -0.2) is 4.79 Å². The molecular weight excluding hydrogens is 484 g/mol. The van der Waals surface area contributed by atoms with Gasteiger partial charge < -0.3 is 36.2 Å². The lowest BCUT2D eigenvalue weighted by atomic mass is 9.59. The molecule has 1 saturated carbocycles. The van der Waals surface area contributed by atoms with Crippen LogP contribution in [0.1, 0.15) is 50.3 Å². The molecule has 0 spiro atoms. The number of phenols is 1. The molecule has 1 aromatic rings. The van der Waals surface area contributed by atoms with Crippen molar-refractivity contribution >= 4 is 29.3 Å². The fourth-order valence-corrected chi connectivity index (χ4v) is 5.35. The average Bonchev–Trinajstić information content (AvgIpc) is 2.78. The third-order valence-electron chi connectivity index (χ3n) is 7.10. The Morgan fingerprint density at radius 2 is 1.84 bits per heavy atom. The lowest BCUT2D eigenvalue weighted by Crippen LogP contribution is -2.58. The Kier molecular flexibility index (Phi) is 6.31. The molecular formula is C26H30N2O9. The highest BCUT2D eigenvalue weighted by Gasteiger charge is 2.60. The smallest absolute Gasteiger partial charge is 0.407 e. The third kappa shape index (κ3) is 4.33. The summed E-state index contributed by atoms with van der Waals surface area (Å²) in [6.45, 7) is 5.97. The highest BCUT2D eigenvalue weighted by atomic mass is 16.5.